The highest BCUT2D eigenvalue weighted by molar-refractivity contribution is 8.01. The van der Waals surface area contributed by atoms with E-state index in [-0.39, 0.29) is 12.6 Å². The van der Waals surface area contributed by atoms with Crippen LogP contribution in [0.3, 0.4) is 0 Å². The summed E-state index contributed by atoms with van der Waals surface area (Å²) in [6.07, 6.45) is 12.0. The number of benzene rings is 1. The molecule has 0 bridgehead atoms. The Morgan fingerprint density at radius 2 is 2.08 bits per heavy atom. The lowest BCUT2D eigenvalue weighted by Crippen LogP contribution is -2.32. The van der Waals surface area contributed by atoms with Crippen LogP contribution < -0.4 is 0 Å². The smallest absolute Gasteiger partial charge is 0.326 e. The molecular weight excluding hydrogens is 332 g/mol. The predicted molar refractivity (Wildman–Crippen MR) is 103 cm³/mol. The molecule has 0 N–H and O–H groups in total. The van der Waals surface area contributed by atoms with Crippen molar-refractivity contribution in [1.82, 2.24) is 0 Å². The molecule has 1 aromatic carbocycles. The summed E-state index contributed by atoms with van der Waals surface area (Å²) in [6.45, 7) is 2.16. The molecule has 0 saturated carbocycles. The van der Waals surface area contributed by atoms with Crippen LogP contribution in [0.1, 0.15) is 44.6 Å². The Balaban J connectivity index is 2.10. The van der Waals surface area contributed by atoms with E-state index in [2.05, 4.69) is 12.2 Å². The summed E-state index contributed by atoms with van der Waals surface area (Å²) >= 11 is 1.48. The second-order valence-electron chi connectivity index (χ2n) is 6.34. The molecule has 1 aliphatic carbocycles. The Kier molecular flexibility index (Phi) is 7.99. The number of carbonyl (C=O) groups excluding carboxylic acids is 2. The maximum Gasteiger partial charge on any atom is 0.326 e. The van der Waals surface area contributed by atoms with Crippen molar-refractivity contribution >= 4 is 24.0 Å². The zero-order valence-electron chi connectivity index (χ0n) is 14.8. The van der Waals surface area contributed by atoms with E-state index in [1.54, 1.807) is 0 Å². The molecule has 1 atom stereocenters. The summed E-state index contributed by atoms with van der Waals surface area (Å²) in [5.41, 5.74) is 2.15. The predicted octanol–water partition coefficient (Wildman–Crippen LogP) is 4.87. The third-order valence-corrected chi connectivity index (χ3v) is 5.46. The zero-order valence-corrected chi connectivity index (χ0v) is 15.6. The van der Waals surface area contributed by atoms with Gasteiger partial charge in [0, 0.05) is 12.2 Å². The normalized spacial score (nSPS) is 18.4. The molecule has 0 amide bonds. The zero-order chi connectivity index (χ0) is 18.0. The molecule has 0 aliphatic heterocycles. The largest absolute Gasteiger partial charge is 0.460 e. The molecule has 0 radical (unpaired) electrons. The standard InChI is InChI=1S/C21H26O3S/c1-21(25-15-9-14-22,16-18-10-5-2-3-6-11-18)20(23)24-17-19-12-7-4-8-13-19/h4-5,7-8,10,12-14,16H,2-3,6,9,11,15,17H2,1H3/b18-16-/t21-/m1/s1. The molecule has 1 aromatic rings. The van der Waals surface area contributed by atoms with E-state index >= 15 is 0 Å². The van der Waals surface area contributed by atoms with Crippen molar-refractivity contribution in [2.45, 2.75) is 50.4 Å². The van der Waals surface area contributed by atoms with Crippen molar-refractivity contribution in [3.63, 3.8) is 0 Å². The number of aldehydes is 1. The van der Waals surface area contributed by atoms with Gasteiger partial charge < -0.3 is 9.53 Å². The first-order valence-corrected chi connectivity index (χ1v) is 9.79. The van der Waals surface area contributed by atoms with E-state index in [1.807, 2.05) is 43.3 Å². The van der Waals surface area contributed by atoms with Gasteiger partial charge >= 0.3 is 5.97 Å². The Morgan fingerprint density at radius 1 is 1.28 bits per heavy atom. The van der Waals surface area contributed by atoms with Crippen LogP contribution in [0.25, 0.3) is 0 Å². The average Bonchev–Trinajstić information content (AvgIpc) is 2.89. The third-order valence-electron chi connectivity index (χ3n) is 4.13. The molecule has 0 fully saturated rings. The molecule has 134 valence electrons. The highest BCUT2D eigenvalue weighted by atomic mass is 32.2. The molecule has 2 rings (SSSR count). The Bertz CT molecular complexity index is 621. The van der Waals surface area contributed by atoms with Crippen molar-refractivity contribution < 1.29 is 14.3 Å². The SMILES string of the molecule is C[C@](/C=C1/C=CCCCC1)(SCCC=O)C(=O)OCc1ccccc1. The van der Waals surface area contributed by atoms with Gasteiger partial charge in [-0.15, -0.1) is 11.8 Å². The number of ether oxygens (including phenoxy) is 1. The minimum absolute atomic E-state index is 0.252. The van der Waals surface area contributed by atoms with Crippen molar-refractivity contribution in [2.24, 2.45) is 0 Å². The fourth-order valence-corrected chi connectivity index (χ4v) is 3.78. The van der Waals surface area contributed by atoms with E-state index < -0.39 is 4.75 Å². The summed E-state index contributed by atoms with van der Waals surface area (Å²) in [4.78, 5) is 23.4. The Labute approximate surface area is 154 Å². The maximum atomic E-state index is 12.8. The second kappa shape index (κ2) is 10.2. The van der Waals surface area contributed by atoms with Crippen LogP contribution in [0.15, 0.2) is 54.1 Å². The van der Waals surface area contributed by atoms with Crippen LogP contribution in [0.5, 0.6) is 0 Å². The lowest BCUT2D eigenvalue weighted by atomic mass is 10.0. The third kappa shape index (κ3) is 6.54. The van der Waals surface area contributed by atoms with Gasteiger partial charge in [0.2, 0.25) is 0 Å². The molecular formula is C21H26O3S. The summed E-state index contributed by atoms with van der Waals surface area (Å²) in [7, 11) is 0. The minimum atomic E-state index is -0.776. The number of thioether (sulfide) groups is 1. The quantitative estimate of drug-likeness (QED) is 0.378. The van der Waals surface area contributed by atoms with Crippen LogP contribution in [0, 0.1) is 0 Å². The van der Waals surface area contributed by atoms with Crippen LogP contribution in [-0.4, -0.2) is 22.8 Å². The molecule has 0 saturated heterocycles. The summed E-state index contributed by atoms with van der Waals surface area (Å²) in [5.74, 6) is 0.353. The van der Waals surface area contributed by atoms with Crippen molar-refractivity contribution in [2.75, 3.05) is 5.75 Å². The first-order chi connectivity index (χ1) is 12.1. The van der Waals surface area contributed by atoms with E-state index in [4.69, 9.17) is 4.74 Å². The number of hydrogen-bond donors (Lipinski definition) is 0. The van der Waals surface area contributed by atoms with Gasteiger partial charge in [-0.3, -0.25) is 4.79 Å². The number of rotatable bonds is 8. The summed E-state index contributed by atoms with van der Waals surface area (Å²) in [5, 5.41) is 0. The van der Waals surface area contributed by atoms with Gasteiger partial charge in [0.05, 0.1) is 0 Å². The fraction of sp³-hybridized carbons (Fsp3) is 0.429. The van der Waals surface area contributed by atoms with E-state index in [9.17, 15) is 9.59 Å². The van der Waals surface area contributed by atoms with E-state index in [0.29, 0.717) is 12.2 Å². The number of allylic oxidation sites excluding steroid dienone is 3. The second-order valence-corrected chi connectivity index (χ2v) is 7.88. The van der Waals surface area contributed by atoms with Crippen LogP contribution in [0.4, 0.5) is 0 Å². The highest BCUT2D eigenvalue weighted by Gasteiger charge is 2.33. The van der Waals surface area contributed by atoms with Crippen molar-refractivity contribution in [3.8, 4) is 0 Å². The molecule has 1 aliphatic rings. The van der Waals surface area contributed by atoms with Crippen LogP contribution in [0.2, 0.25) is 0 Å². The van der Waals surface area contributed by atoms with Gasteiger partial charge in [0.25, 0.3) is 0 Å². The molecule has 25 heavy (non-hydrogen) atoms. The van der Waals surface area contributed by atoms with Gasteiger partial charge in [-0.05, 0) is 38.2 Å². The lowest BCUT2D eigenvalue weighted by molar-refractivity contribution is -0.146. The molecule has 0 aromatic heterocycles. The summed E-state index contributed by atoms with van der Waals surface area (Å²) < 4.78 is 4.80. The first-order valence-electron chi connectivity index (χ1n) is 8.81. The van der Waals surface area contributed by atoms with Gasteiger partial charge in [-0.25, -0.2) is 0 Å². The van der Waals surface area contributed by atoms with Crippen molar-refractivity contribution in [1.29, 1.82) is 0 Å². The van der Waals surface area contributed by atoms with Crippen molar-refractivity contribution in [3.05, 3.63) is 59.7 Å². The van der Waals surface area contributed by atoms with E-state index in [1.165, 1.54) is 23.8 Å². The van der Waals surface area contributed by atoms with Gasteiger partial charge in [-0.2, -0.15) is 0 Å². The highest BCUT2D eigenvalue weighted by Crippen LogP contribution is 2.32. The number of hydrogen-bond acceptors (Lipinski definition) is 4. The number of esters is 1. The molecule has 4 heteroatoms. The fourth-order valence-electron chi connectivity index (χ4n) is 2.73. The lowest BCUT2D eigenvalue weighted by Gasteiger charge is -2.24. The molecule has 0 heterocycles. The van der Waals surface area contributed by atoms with Crippen LogP contribution in [-0.2, 0) is 20.9 Å². The maximum absolute atomic E-state index is 12.8. The number of carbonyl (C=O) groups is 2. The monoisotopic (exact) mass is 358 g/mol. The van der Waals surface area contributed by atoms with E-state index in [0.717, 1.165) is 31.1 Å². The Hall–Kier alpha value is -1.81. The van der Waals surface area contributed by atoms with Crippen LogP contribution >= 0.6 is 11.8 Å². The average molecular weight is 359 g/mol. The van der Waals surface area contributed by atoms with Gasteiger partial charge in [0.15, 0.2) is 0 Å². The molecule has 0 unspecified atom stereocenters. The Morgan fingerprint density at radius 3 is 2.84 bits per heavy atom. The summed E-state index contributed by atoms with van der Waals surface area (Å²) in [6, 6.07) is 9.68. The van der Waals surface area contributed by atoms with Gasteiger partial charge in [0.1, 0.15) is 17.6 Å². The minimum Gasteiger partial charge on any atom is -0.460 e. The first kappa shape index (κ1) is 19.5. The topological polar surface area (TPSA) is 43.4 Å². The molecule has 0 spiro atoms. The molecule has 3 nitrogen and oxygen atoms in total. The van der Waals surface area contributed by atoms with Gasteiger partial charge in [-0.1, -0.05) is 54.1 Å².